The highest BCUT2D eigenvalue weighted by atomic mass is 16.5. The minimum atomic E-state index is -0.860. The fourth-order valence-electron chi connectivity index (χ4n) is 1.44. The predicted octanol–water partition coefficient (Wildman–Crippen LogP) is 0.0985. The first-order chi connectivity index (χ1) is 6.61. The average molecular weight is 201 g/mol. The maximum atomic E-state index is 11.1. The van der Waals surface area contributed by atoms with Crippen molar-refractivity contribution in [3.05, 3.63) is 0 Å². The Morgan fingerprint density at radius 3 is 2.93 bits per heavy atom. The minimum absolute atomic E-state index is 0.0182. The van der Waals surface area contributed by atoms with Gasteiger partial charge in [-0.15, -0.1) is 0 Å². The summed E-state index contributed by atoms with van der Waals surface area (Å²) in [5, 5.41) is 8.35. The largest absolute Gasteiger partial charge is 0.481 e. The summed E-state index contributed by atoms with van der Waals surface area (Å²) in [6, 6.07) is 0.122. The van der Waals surface area contributed by atoms with E-state index in [1.165, 1.54) is 0 Å². The average Bonchev–Trinajstić information content (AvgIpc) is 2.43. The number of amides is 1. The third kappa shape index (κ3) is 2.99. The Labute approximate surface area is 82.6 Å². The minimum Gasteiger partial charge on any atom is -0.481 e. The van der Waals surface area contributed by atoms with Crippen LogP contribution >= 0.6 is 0 Å². The van der Waals surface area contributed by atoms with Crippen LogP contribution in [0.2, 0.25) is 0 Å². The standard InChI is InChI=1S/C9H15NO4/c1-10-7(2-3-8(10)11)6-14-5-4-9(12)13/h7H,2-6H2,1H3,(H,12,13)/t7-/m0/s1. The van der Waals surface area contributed by atoms with E-state index in [1.54, 1.807) is 11.9 Å². The van der Waals surface area contributed by atoms with Crippen LogP contribution in [0, 0.1) is 0 Å². The highest BCUT2D eigenvalue weighted by Crippen LogP contribution is 2.16. The van der Waals surface area contributed by atoms with E-state index in [9.17, 15) is 9.59 Å². The van der Waals surface area contributed by atoms with Crippen molar-refractivity contribution in [3.63, 3.8) is 0 Å². The highest BCUT2D eigenvalue weighted by molar-refractivity contribution is 5.78. The molecule has 1 rings (SSSR count). The van der Waals surface area contributed by atoms with E-state index in [0.717, 1.165) is 6.42 Å². The summed E-state index contributed by atoms with van der Waals surface area (Å²) in [6.07, 6.45) is 1.40. The third-order valence-corrected chi connectivity index (χ3v) is 2.40. The summed E-state index contributed by atoms with van der Waals surface area (Å²) in [5.74, 6) is -0.724. The van der Waals surface area contributed by atoms with Crippen molar-refractivity contribution in [2.24, 2.45) is 0 Å². The molecule has 14 heavy (non-hydrogen) atoms. The van der Waals surface area contributed by atoms with Gasteiger partial charge in [-0.05, 0) is 6.42 Å². The second-order valence-electron chi connectivity index (χ2n) is 3.42. The number of likely N-dealkylation sites (N-methyl/N-ethyl adjacent to an activating group) is 1. The number of hydrogen-bond acceptors (Lipinski definition) is 3. The molecule has 1 N–H and O–H groups in total. The maximum absolute atomic E-state index is 11.1. The molecule has 0 aliphatic carbocycles. The Kier molecular flexibility index (Phi) is 3.88. The summed E-state index contributed by atoms with van der Waals surface area (Å²) in [6.45, 7) is 0.656. The molecule has 0 unspecified atom stereocenters. The SMILES string of the molecule is CN1C(=O)CC[C@H]1COCCC(=O)O. The van der Waals surface area contributed by atoms with E-state index >= 15 is 0 Å². The van der Waals surface area contributed by atoms with Gasteiger partial charge in [-0.2, -0.15) is 0 Å². The summed E-state index contributed by atoms with van der Waals surface area (Å²) in [7, 11) is 1.75. The van der Waals surface area contributed by atoms with Crippen LogP contribution in [0.5, 0.6) is 0 Å². The van der Waals surface area contributed by atoms with E-state index in [1.807, 2.05) is 0 Å². The Morgan fingerprint density at radius 2 is 2.43 bits per heavy atom. The highest BCUT2D eigenvalue weighted by Gasteiger charge is 2.27. The van der Waals surface area contributed by atoms with Crippen LogP contribution in [0.15, 0.2) is 0 Å². The summed E-state index contributed by atoms with van der Waals surface area (Å²) in [4.78, 5) is 22.9. The number of carboxylic acids is 1. The van der Waals surface area contributed by atoms with Crippen molar-refractivity contribution in [1.82, 2.24) is 4.90 Å². The van der Waals surface area contributed by atoms with E-state index in [2.05, 4.69) is 0 Å². The number of carbonyl (C=O) groups is 2. The number of carboxylic acid groups (broad SMARTS) is 1. The molecule has 0 aromatic heterocycles. The van der Waals surface area contributed by atoms with Crippen LogP contribution in [0.3, 0.4) is 0 Å². The fourth-order valence-corrected chi connectivity index (χ4v) is 1.44. The Balaban J connectivity index is 2.13. The summed E-state index contributed by atoms with van der Waals surface area (Å²) < 4.78 is 5.17. The Morgan fingerprint density at radius 1 is 1.71 bits per heavy atom. The molecule has 1 atom stereocenters. The second kappa shape index (κ2) is 4.95. The molecule has 1 heterocycles. The van der Waals surface area contributed by atoms with Crippen molar-refractivity contribution in [1.29, 1.82) is 0 Å². The van der Waals surface area contributed by atoms with Crippen LogP contribution in [0.25, 0.3) is 0 Å². The van der Waals surface area contributed by atoms with Gasteiger partial charge in [-0.3, -0.25) is 9.59 Å². The number of hydrogen-bond donors (Lipinski definition) is 1. The van der Waals surface area contributed by atoms with Crippen molar-refractivity contribution in [3.8, 4) is 0 Å². The van der Waals surface area contributed by atoms with Crippen LogP contribution < -0.4 is 0 Å². The lowest BCUT2D eigenvalue weighted by molar-refractivity contribution is -0.138. The van der Waals surface area contributed by atoms with Gasteiger partial charge in [-0.25, -0.2) is 0 Å². The van der Waals surface area contributed by atoms with E-state index < -0.39 is 5.97 Å². The monoisotopic (exact) mass is 201 g/mol. The molecule has 5 heteroatoms. The number of rotatable bonds is 5. The fraction of sp³-hybridized carbons (Fsp3) is 0.778. The number of carbonyl (C=O) groups excluding carboxylic acids is 1. The van der Waals surface area contributed by atoms with Gasteiger partial charge >= 0.3 is 5.97 Å². The van der Waals surface area contributed by atoms with Crippen molar-refractivity contribution >= 4 is 11.9 Å². The van der Waals surface area contributed by atoms with Gasteiger partial charge in [0.15, 0.2) is 0 Å². The molecule has 0 aromatic rings. The lowest BCUT2D eigenvalue weighted by Crippen LogP contribution is -2.32. The van der Waals surface area contributed by atoms with Crippen LogP contribution in [-0.2, 0) is 14.3 Å². The summed E-state index contributed by atoms with van der Waals surface area (Å²) in [5.41, 5.74) is 0. The number of likely N-dealkylation sites (tertiary alicyclic amines) is 1. The lowest BCUT2D eigenvalue weighted by atomic mass is 10.2. The van der Waals surface area contributed by atoms with Crippen molar-refractivity contribution in [2.75, 3.05) is 20.3 Å². The molecule has 0 radical (unpaired) electrons. The summed E-state index contributed by atoms with van der Waals surface area (Å²) >= 11 is 0. The topological polar surface area (TPSA) is 66.8 Å². The van der Waals surface area contributed by atoms with E-state index in [0.29, 0.717) is 13.0 Å². The zero-order chi connectivity index (χ0) is 10.6. The van der Waals surface area contributed by atoms with Crippen LogP contribution in [-0.4, -0.2) is 48.2 Å². The van der Waals surface area contributed by atoms with Gasteiger partial charge in [-0.1, -0.05) is 0 Å². The van der Waals surface area contributed by atoms with Gasteiger partial charge < -0.3 is 14.7 Å². The smallest absolute Gasteiger partial charge is 0.305 e. The molecule has 1 aliphatic heterocycles. The number of ether oxygens (including phenoxy) is 1. The molecule has 0 bridgehead atoms. The third-order valence-electron chi connectivity index (χ3n) is 2.40. The maximum Gasteiger partial charge on any atom is 0.305 e. The Hall–Kier alpha value is -1.10. The quantitative estimate of drug-likeness (QED) is 0.640. The second-order valence-corrected chi connectivity index (χ2v) is 3.42. The van der Waals surface area contributed by atoms with Gasteiger partial charge in [0.25, 0.3) is 0 Å². The Bertz CT molecular complexity index is 229. The normalized spacial score (nSPS) is 21.6. The molecule has 0 aromatic carbocycles. The molecule has 5 nitrogen and oxygen atoms in total. The molecule has 0 spiro atoms. The van der Waals surface area contributed by atoms with Crippen molar-refractivity contribution in [2.45, 2.75) is 25.3 Å². The zero-order valence-electron chi connectivity index (χ0n) is 8.23. The van der Waals surface area contributed by atoms with Gasteiger partial charge in [0.05, 0.1) is 25.7 Å². The molecular formula is C9H15NO4. The van der Waals surface area contributed by atoms with Gasteiger partial charge in [0.2, 0.25) is 5.91 Å². The van der Waals surface area contributed by atoms with Crippen molar-refractivity contribution < 1.29 is 19.4 Å². The lowest BCUT2D eigenvalue weighted by Gasteiger charge is -2.19. The molecule has 0 saturated carbocycles. The first-order valence-corrected chi connectivity index (χ1v) is 4.66. The van der Waals surface area contributed by atoms with Gasteiger partial charge in [0, 0.05) is 13.5 Å². The van der Waals surface area contributed by atoms with Crippen LogP contribution in [0.1, 0.15) is 19.3 Å². The molecule has 1 amide bonds. The van der Waals surface area contributed by atoms with Crippen LogP contribution in [0.4, 0.5) is 0 Å². The molecule has 80 valence electrons. The van der Waals surface area contributed by atoms with E-state index in [4.69, 9.17) is 9.84 Å². The van der Waals surface area contributed by atoms with Gasteiger partial charge in [0.1, 0.15) is 0 Å². The molecule has 1 saturated heterocycles. The van der Waals surface area contributed by atoms with E-state index in [-0.39, 0.29) is 25.0 Å². The number of nitrogens with zero attached hydrogens (tertiary/aromatic N) is 1. The zero-order valence-corrected chi connectivity index (χ0v) is 8.23. The first-order valence-electron chi connectivity index (χ1n) is 4.66. The molecule has 1 aliphatic rings. The molecular weight excluding hydrogens is 186 g/mol. The number of aliphatic carboxylic acids is 1. The first kappa shape index (κ1) is 11.0. The molecule has 1 fully saturated rings. The predicted molar refractivity (Wildman–Crippen MR) is 48.9 cm³/mol.